The van der Waals surface area contributed by atoms with Crippen LogP contribution in [0.1, 0.15) is 11.1 Å². The largest absolute Gasteiger partial charge is 0.493 e. The lowest BCUT2D eigenvalue weighted by Crippen LogP contribution is -2.32. The molecule has 0 radical (unpaired) electrons. The first-order chi connectivity index (χ1) is 12.0. The number of amides is 2. The van der Waals surface area contributed by atoms with Crippen LogP contribution in [0.5, 0.6) is 11.5 Å². The zero-order valence-electron chi connectivity index (χ0n) is 14.2. The van der Waals surface area contributed by atoms with Crippen molar-refractivity contribution in [2.45, 2.75) is 6.92 Å². The van der Waals surface area contributed by atoms with Crippen molar-refractivity contribution < 1.29 is 19.1 Å². The Bertz CT molecular complexity index is 785. The van der Waals surface area contributed by atoms with Gasteiger partial charge in [-0.15, -0.1) is 0 Å². The van der Waals surface area contributed by atoms with Crippen LogP contribution in [-0.2, 0) is 9.59 Å². The standard InChI is InChI=1S/C18H19N3O4/c1-12-4-7-14(8-5-12)20-17(22)18(23)21-19-11-13-6-9-15(24-2)16(10-13)25-3/h4-11H,1-3H3,(H,20,22)(H,21,23)/b19-11-. The second-order valence-corrected chi connectivity index (χ2v) is 5.13. The fourth-order valence-corrected chi connectivity index (χ4v) is 1.97. The van der Waals surface area contributed by atoms with Crippen molar-refractivity contribution in [2.75, 3.05) is 19.5 Å². The van der Waals surface area contributed by atoms with Gasteiger partial charge in [0.05, 0.1) is 20.4 Å². The monoisotopic (exact) mass is 341 g/mol. The first-order valence-corrected chi connectivity index (χ1v) is 7.46. The van der Waals surface area contributed by atoms with E-state index in [0.29, 0.717) is 22.7 Å². The van der Waals surface area contributed by atoms with Gasteiger partial charge in [0, 0.05) is 5.69 Å². The number of benzene rings is 2. The molecule has 0 unspecified atom stereocenters. The van der Waals surface area contributed by atoms with Gasteiger partial charge in [0.2, 0.25) is 0 Å². The summed E-state index contributed by atoms with van der Waals surface area (Å²) < 4.78 is 10.3. The van der Waals surface area contributed by atoms with Gasteiger partial charge in [0.1, 0.15) is 0 Å². The van der Waals surface area contributed by atoms with Gasteiger partial charge >= 0.3 is 11.8 Å². The van der Waals surface area contributed by atoms with Crippen molar-refractivity contribution in [3.8, 4) is 11.5 Å². The van der Waals surface area contributed by atoms with E-state index in [9.17, 15) is 9.59 Å². The van der Waals surface area contributed by atoms with Crippen molar-refractivity contribution in [3.05, 3.63) is 53.6 Å². The van der Waals surface area contributed by atoms with Crippen LogP contribution in [0, 0.1) is 6.92 Å². The third-order valence-electron chi connectivity index (χ3n) is 3.30. The Morgan fingerprint density at radius 2 is 1.64 bits per heavy atom. The van der Waals surface area contributed by atoms with Gasteiger partial charge in [-0.05, 0) is 42.8 Å². The summed E-state index contributed by atoms with van der Waals surface area (Å²) in [6.07, 6.45) is 1.40. The summed E-state index contributed by atoms with van der Waals surface area (Å²) >= 11 is 0. The lowest BCUT2D eigenvalue weighted by Gasteiger charge is -2.07. The highest BCUT2D eigenvalue weighted by atomic mass is 16.5. The van der Waals surface area contributed by atoms with Crippen LogP contribution in [0.25, 0.3) is 0 Å². The molecular weight excluding hydrogens is 322 g/mol. The van der Waals surface area contributed by atoms with Crippen molar-refractivity contribution in [1.82, 2.24) is 5.43 Å². The minimum atomic E-state index is -0.864. The minimum absolute atomic E-state index is 0.537. The molecular formula is C18H19N3O4. The van der Waals surface area contributed by atoms with Gasteiger partial charge in [0.15, 0.2) is 11.5 Å². The maximum absolute atomic E-state index is 11.8. The maximum atomic E-state index is 11.8. The Morgan fingerprint density at radius 1 is 0.960 bits per heavy atom. The molecule has 0 atom stereocenters. The van der Waals surface area contributed by atoms with Crippen LogP contribution >= 0.6 is 0 Å². The minimum Gasteiger partial charge on any atom is -0.493 e. The Kier molecular flexibility index (Phi) is 6.11. The first-order valence-electron chi connectivity index (χ1n) is 7.46. The number of nitrogens with zero attached hydrogens (tertiary/aromatic N) is 1. The van der Waals surface area contributed by atoms with E-state index >= 15 is 0 Å². The molecule has 0 spiro atoms. The summed E-state index contributed by atoms with van der Waals surface area (Å²) in [6.45, 7) is 1.93. The van der Waals surface area contributed by atoms with Crippen LogP contribution in [0.3, 0.4) is 0 Å². The molecule has 0 aliphatic heterocycles. The molecule has 0 fully saturated rings. The number of ether oxygens (including phenoxy) is 2. The van der Waals surface area contributed by atoms with Gasteiger partial charge in [-0.3, -0.25) is 9.59 Å². The number of hydrogen-bond donors (Lipinski definition) is 2. The molecule has 0 saturated heterocycles. The van der Waals surface area contributed by atoms with Gasteiger partial charge in [-0.2, -0.15) is 5.10 Å². The number of hydrogen-bond acceptors (Lipinski definition) is 5. The summed E-state index contributed by atoms with van der Waals surface area (Å²) in [5, 5.41) is 6.26. The number of rotatable bonds is 5. The molecule has 7 heteroatoms. The number of anilines is 1. The molecule has 2 amide bonds. The smallest absolute Gasteiger partial charge is 0.329 e. The summed E-state index contributed by atoms with van der Waals surface area (Å²) in [5.74, 6) is -0.540. The van der Waals surface area contributed by atoms with Crippen LogP contribution < -0.4 is 20.2 Å². The summed E-state index contributed by atoms with van der Waals surface area (Å²) in [7, 11) is 3.06. The number of carbonyl (C=O) groups excluding carboxylic acids is 2. The summed E-state index contributed by atoms with van der Waals surface area (Å²) in [5.41, 5.74) is 4.45. The molecule has 0 saturated carbocycles. The predicted octanol–water partition coefficient (Wildman–Crippen LogP) is 2.10. The zero-order chi connectivity index (χ0) is 18.2. The van der Waals surface area contributed by atoms with E-state index in [1.54, 1.807) is 37.4 Å². The molecule has 0 aromatic heterocycles. The molecule has 0 aliphatic carbocycles. The van der Waals surface area contributed by atoms with Gasteiger partial charge in [-0.1, -0.05) is 17.7 Å². The molecule has 2 aromatic carbocycles. The lowest BCUT2D eigenvalue weighted by atomic mass is 10.2. The zero-order valence-corrected chi connectivity index (χ0v) is 14.2. The average molecular weight is 341 g/mol. The highest BCUT2D eigenvalue weighted by molar-refractivity contribution is 6.39. The van der Waals surface area contributed by atoms with Gasteiger partial charge in [0.25, 0.3) is 0 Å². The molecule has 2 aromatic rings. The number of methoxy groups -OCH3 is 2. The maximum Gasteiger partial charge on any atom is 0.329 e. The third-order valence-corrected chi connectivity index (χ3v) is 3.30. The quantitative estimate of drug-likeness (QED) is 0.495. The molecule has 25 heavy (non-hydrogen) atoms. The molecule has 7 nitrogen and oxygen atoms in total. The molecule has 0 aliphatic rings. The second-order valence-electron chi connectivity index (χ2n) is 5.13. The van der Waals surface area contributed by atoms with E-state index in [2.05, 4.69) is 15.8 Å². The van der Waals surface area contributed by atoms with E-state index in [4.69, 9.17) is 9.47 Å². The fourth-order valence-electron chi connectivity index (χ4n) is 1.97. The van der Waals surface area contributed by atoms with E-state index < -0.39 is 11.8 Å². The van der Waals surface area contributed by atoms with E-state index in [0.717, 1.165) is 5.56 Å². The third kappa shape index (κ3) is 5.07. The molecule has 130 valence electrons. The summed E-state index contributed by atoms with van der Waals surface area (Å²) in [6, 6.07) is 12.3. The van der Waals surface area contributed by atoms with Crippen molar-refractivity contribution in [2.24, 2.45) is 5.10 Å². The molecule has 2 N–H and O–H groups in total. The fraction of sp³-hybridized carbons (Fsp3) is 0.167. The van der Waals surface area contributed by atoms with Gasteiger partial charge in [-0.25, -0.2) is 5.43 Å². The number of carbonyl (C=O) groups is 2. The highest BCUT2D eigenvalue weighted by Crippen LogP contribution is 2.26. The lowest BCUT2D eigenvalue weighted by molar-refractivity contribution is -0.136. The topological polar surface area (TPSA) is 89.0 Å². The number of hydrazone groups is 1. The summed E-state index contributed by atoms with van der Waals surface area (Å²) in [4.78, 5) is 23.5. The molecule has 0 heterocycles. The normalized spacial score (nSPS) is 10.4. The Labute approximate surface area is 145 Å². The number of nitrogens with one attached hydrogen (secondary N) is 2. The van der Waals surface area contributed by atoms with Crippen LogP contribution in [-0.4, -0.2) is 32.2 Å². The van der Waals surface area contributed by atoms with Gasteiger partial charge < -0.3 is 14.8 Å². The SMILES string of the molecule is COc1ccc(/C=N\NC(=O)C(=O)Nc2ccc(C)cc2)cc1OC. The Hall–Kier alpha value is -3.35. The Morgan fingerprint density at radius 3 is 2.28 bits per heavy atom. The van der Waals surface area contributed by atoms with Crippen LogP contribution in [0.2, 0.25) is 0 Å². The number of aryl methyl sites for hydroxylation is 1. The van der Waals surface area contributed by atoms with Crippen LogP contribution in [0.15, 0.2) is 47.6 Å². The van der Waals surface area contributed by atoms with E-state index in [-0.39, 0.29) is 0 Å². The first kappa shape index (κ1) is 18.0. The molecule has 0 bridgehead atoms. The van der Waals surface area contributed by atoms with E-state index in [1.165, 1.54) is 13.3 Å². The predicted molar refractivity (Wildman–Crippen MR) is 95.1 cm³/mol. The average Bonchev–Trinajstić information content (AvgIpc) is 2.63. The van der Waals surface area contributed by atoms with Crippen molar-refractivity contribution in [3.63, 3.8) is 0 Å². The van der Waals surface area contributed by atoms with Crippen molar-refractivity contribution >= 4 is 23.7 Å². The van der Waals surface area contributed by atoms with E-state index in [1.807, 2.05) is 19.1 Å². The highest BCUT2D eigenvalue weighted by Gasteiger charge is 2.12. The second kappa shape index (κ2) is 8.49. The van der Waals surface area contributed by atoms with Crippen LogP contribution in [0.4, 0.5) is 5.69 Å². The Balaban J connectivity index is 1.93. The van der Waals surface area contributed by atoms with Crippen molar-refractivity contribution in [1.29, 1.82) is 0 Å². The molecule has 2 rings (SSSR count).